The Labute approximate surface area is 400 Å². The zero-order valence-corrected chi connectivity index (χ0v) is 40.6. The number of imidazole rings is 2. The lowest BCUT2D eigenvalue weighted by molar-refractivity contribution is -0.115. The molecular weight excluding hydrogens is 936 g/mol. The maximum atomic E-state index is 11.5. The second-order valence-corrected chi connectivity index (χ2v) is 24.6. The summed E-state index contributed by atoms with van der Waals surface area (Å²) in [5, 5.41) is 30.2. The monoisotopic (exact) mass is 980 g/mol. The molecule has 8 rings (SSSR count). The van der Waals surface area contributed by atoms with Gasteiger partial charge in [0.2, 0.25) is 11.8 Å². The van der Waals surface area contributed by atoms with Gasteiger partial charge in [0.1, 0.15) is 46.4 Å². The third-order valence-electron chi connectivity index (χ3n) is 9.68. The van der Waals surface area contributed by atoms with E-state index in [-0.39, 0.29) is 11.8 Å². The molecule has 66 heavy (non-hydrogen) atoms. The fourth-order valence-electron chi connectivity index (χ4n) is 6.39. The molecule has 0 bridgehead atoms. The Morgan fingerprint density at radius 2 is 1.24 bits per heavy atom. The van der Waals surface area contributed by atoms with E-state index in [9.17, 15) is 19.8 Å². The standard InChI is InChI=1S/C26H30ClN5O3SSi.C20H16ClN5O2S/c1-17(33)30-21-15-19(9-10-28-21)26-31-22(23(34)18-5-7-20(27)8-6-18)24(36-26)25-29-11-12-32(25)16-35-13-14-37(2,3)4;1-11(27)25-15-10-13(6-7-22-15)20-26-16(18(29-20)19-23-8-9-24-19)17(28)12-2-4-14(21)5-3-12/h5-12,15,23,34H,13-14,16H2,1-4H3,(H,28,30,33);2-10,17,28H,1H3,(H,23,24)(H,22,25,27). The van der Waals surface area contributed by atoms with Crippen molar-refractivity contribution in [1.82, 2.24) is 39.5 Å². The first-order valence-corrected chi connectivity index (χ1v) is 26.7. The minimum absolute atomic E-state index is 0.205. The van der Waals surface area contributed by atoms with Gasteiger partial charge in [0.25, 0.3) is 0 Å². The summed E-state index contributed by atoms with van der Waals surface area (Å²) in [4.78, 5) is 54.1. The van der Waals surface area contributed by atoms with Crippen molar-refractivity contribution < 1.29 is 24.5 Å². The van der Waals surface area contributed by atoms with Crippen LogP contribution in [0.25, 0.3) is 42.5 Å². The van der Waals surface area contributed by atoms with E-state index in [1.807, 2.05) is 16.8 Å². The lowest BCUT2D eigenvalue weighted by Gasteiger charge is -2.16. The van der Waals surface area contributed by atoms with Gasteiger partial charge in [-0.1, -0.05) is 67.1 Å². The number of amides is 2. The van der Waals surface area contributed by atoms with Crippen molar-refractivity contribution in [2.24, 2.45) is 0 Å². The minimum atomic E-state index is -1.20. The zero-order valence-electron chi connectivity index (χ0n) is 36.5. The fourth-order valence-corrected chi connectivity index (χ4v) is 9.56. The van der Waals surface area contributed by atoms with Gasteiger partial charge < -0.3 is 35.1 Å². The Morgan fingerprint density at radius 1 is 0.727 bits per heavy atom. The van der Waals surface area contributed by atoms with Crippen LogP contribution in [0.4, 0.5) is 11.6 Å². The van der Waals surface area contributed by atoms with E-state index in [0.29, 0.717) is 79.2 Å². The zero-order chi connectivity index (χ0) is 47.0. The Hall–Kier alpha value is -5.96. The second kappa shape index (κ2) is 21.6. The molecule has 0 spiro atoms. The maximum Gasteiger partial charge on any atom is 0.222 e. The summed E-state index contributed by atoms with van der Waals surface area (Å²) in [6.07, 6.45) is 8.22. The molecular formula is C46H46Cl2N10O5S2Si. The second-order valence-electron chi connectivity index (χ2n) is 16.1. The Kier molecular flexibility index (Phi) is 15.7. The van der Waals surface area contributed by atoms with E-state index in [4.69, 9.17) is 37.9 Å². The van der Waals surface area contributed by atoms with Gasteiger partial charge in [-0.05, 0) is 65.7 Å². The number of aromatic nitrogens is 8. The summed E-state index contributed by atoms with van der Waals surface area (Å²) in [6.45, 7) is 10.8. The highest BCUT2D eigenvalue weighted by atomic mass is 35.5. The summed E-state index contributed by atoms with van der Waals surface area (Å²) in [7, 11) is -1.20. The average Bonchev–Trinajstić information content (AvgIpc) is 4.12. The number of hydrogen-bond acceptors (Lipinski definition) is 13. The number of benzene rings is 2. The molecule has 2 unspecified atom stereocenters. The third kappa shape index (κ3) is 12.5. The van der Waals surface area contributed by atoms with E-state index in [1.54, 1.807) is 97.7 Å². The predicted molar refractivity (Wildman–Crippen MR) is 263 cm³/mol. The van der Waals surface area contributed by atoms with E-state index in [0.717, 1.165) is 26.9 Å². The number of ether oxygens (including phenoxy) is 1. The van der Waals surface area contributed by atoms with E-state index < -0.39 is 20.3 Å². The summed E-state index contributed by atoms with van der Waals surface area (Å²) < 4.78 is 7.90. The molecule has 15 nitrogen and oxygen atoms in total. The molecule has 2 amide bonds. The van der Waals surface area contributed by atoms with Crippen molar-refractivity contribution in [3.63, 3.8) is 0 Å². The first-order chi connectivity index (χ1) is 31.6. The van der Waals surface area contributed by atoms with Crippen LogP contribution in [0.5, 0.6) is 0 Å². The number of anilines is 2. The van der Waals surface area contributed by atoms with E-state index >= 15 is 0 Å². The van der Waals surface area contributed by atoms with Crippen LogP contribution in [0.3, 0.4) is 0 Å². The summed E-state index contributed by atoms with van der Waals surface area (Å²) in [5.41, 5.74) is 3.85. The maximum absolute atomic E-state index is 11.5. The van der Waals surface area contributed by atoms with E-state index in [2.05, 4.69) is 55.2 Å². The highest BCUT2D eigenvalue weighted by Gasteiger charge is 2.26. The van der Waals surface area contributed by atoms with E-state index in [1.165, 1.54) is 36.5 Å². The molecule has 2 atom stereocenters. The van der Waals surface area contributed by atoms with Crippen molar-refractivity contribution >= 4 is 77.4 Å². The largest absolute Gasteiger partial charge is 0.382 e. The molecule has 6 heterocycles. The predicted octanol–water partition coefficient (Wildman–Crippen LogP) is 10.4. The molecule has 0 radical (unpaired) electrons. The number of aliphatic hydroxyl groups is 2. The lowest BCUT2D eigenvalue weighted by Crippen LogP contribution is -2.22. The van der Waals surface area contributed by atoms with Crippen LogP contribution in [-0.4, -0.2) is 76.2 Å². The van der Waals surface area contributed by atoms with Gasteiger partial charge in [0, 0.05) is 86.9 Å². The number of pyridine rings is 2. The van der Waals surface area contributed by atoms with Crippen LogP contribution in [0, 0.1) is 0 Å². The quantitative estimate of drug-likeness (QED) is 0.0483. The molecule has 8 aromatic rings. The van der Waals surface area contributed by atoms with Gasteiger partial charge in [-0.15, -0.1) is 22.7 Å². The number of carbonyl (C=O) groups excluding carboxylic acids is 2. The highest BCUT2D eigenvalue weighted by molar-refractivity contribution is 7.18. The Balaban J connectivity index is 0.000000202. The van der Waals surface area contributed by atoms with Crippen LogP contribution >= 0.6 is 45.9 Å². The van der Waals surface area contributed by atoms with Crippen LogP contribution in [0.15, 0.2) is 110 Å². The molecule has 0 aliphatic heterocycles. The molecule has 6 aromatic heterocycles. The average molecular weight is 982 g/mol. The summed E-state index contributed by atoms with van der Waals surface area (Å²) in [6, 6.07) is 22.2. The number of rotatable bonds is 15. The number of H-pyrrole nitrogens is 1. The first kappa shape index (κ1) is 48.0. The number of carbonyl (C=O) groups is 2. The summed E-state index contributed by atoms with van der Waals surface area (Å²) >= 11 is 14.8. The summed E-state index contributed by atoms with van der Waals surface area (Å²) in [5.74, 6) is 1.73. The van der Waals surface area contributed by atoms with Crippen molar-refractivity contribution in [2.45, 2.75) is 58.5 Å². The topological polar surface area (TPSA) is 206 Å². The number of aliphatic hydroxyl groups excluding tert-OH is 2. The minimum Gasteiger partial charge on any atom is -0.382 e. The van der Waals surface area contributed by atoms with Crippen LogP contribution < -0.4 is 10.6 Å². The van der Waals surface area contributed by atoms with Crippen LogP contribution in [-0.2, 0) is 21.1 Å². The van der Waals surface area contributed by atoms with Gasteiger partial charge in [-0.3, -0.25) is 9.59 Å². The van der Waals surface area contributed by atoms with Crippen molar-refractivity contribution in [2.75, 3.05) is 17.2 Å². The van der Waals surface area contributed by atoms with Crippen molar-refractivity contribution in [3.8, 4) is 42.5 Å². The first-order valence-electron chi connectivity index (χ1n) is 20.6. The molecule has 0 fully saturated rings. The lowest BCUT2D eigenvalue weighted by atomic mass is 10.1. The molecule has 2 aromatic carbocycles. The van der Waals surface area contributed by atoms with Gasteiger partial charge in [-0.25, -0.2) is 29.9 Å². The number of hydrogen-bond donors (Lipinski definition) is 5. The third-order valence-corrected chi connectivity index (χ3v) is 14.1. The normalized spacial score (nSPS) is 12.3. The van der Waals surface area contributed by atoms with Gasteiger partial charge in [0.15, 0.2) is 5.82 Å². The number of thiazole rings is 2. The Morgan fingerprint density at radius 3 is 1.73 bits per heavy atom. The number of aromatic amines is 1. The molecule has 0 saturated carbocycles. The van der Waals surface area contributed by atoms with Gasteiger partial charge >= 0.3 is 0 Å². The number of halogens is 2. The molecule has 20 heteroatoms. The van der Waals surface area contributed by atoms with Gasteiger partial charge in [-0.2, -0.15) is 0 Å². The Bertz CT molecular complexity index is 2900. The highest BCUT2D eigenvalue weighted by Crippen LogP contribution is 2.41. The van der Waals surface area contributed by atoms with Gasteiger partial charge in [0.05, 0.1) is 21.1 Å². The number of nitrogens with one attached hydrogen (secondary N) is 3. The molecule has 0 saturated heterocycles. The SMILES string of the molecule is CC(=O)Nc1cc(-c2nc(C(O)c3ccc(Cl)cc3)c(-c3ncc[nH]3)s2)ccn1.CC(=O)Nc1cc(-c2nc(C(O)c3ccc(Cl)cc3)c(-c3nccn3COCC[Si](C)(C)C)s2)ccn1. The van der Waals surface area contributed by atoms with Crippen LogP contribution in [0.2, 0.25) is 35.7 Å². The van der Waals surface area contributed by atoms with Crippen molar-refractivity contribution in [3.05, 3.63) is 143 Å². The smallest absolute Gasteiger partial charge is 0.222 e. The van der Waals surface area contributed by atoms with Crippen molar-refractivity contribution in [1.29, 1.82) is 0 Å². The molecule has 5 N–H and O–H groups in total. The number of nitrogens with zero attached hydrogens (tertiary/aromatic N) is 7. The fraction of sp³-hybridized carbons (Fsp3) is 0.217. The molecule has 0 aliphatic rings. The molecule has 0 aliphatic carbocycles. The van der Waals surface area contributed by atoms with Crippen LogP contribution in [0.1, 0.15) is 48.6 Å². The molecule has 340 valence electrons.